The lowest BCUT2D eigenvalue weighted by atomic mass is 10.1. The van der Waals surface area contributed by atoms with E-state index in [1.54, 1.807) is 43.3 Å². The van der Waals surface area contributed by atoms with Crippen molar-refractivity contribution in [2.45, 2.75) is 13.5 Å². The average Bonchev–Trinajstić information content (AvgIpc) is 2.94. The molecule has 1 heterocycles. The van der Waals surface area contributed by atoms with Crippen molar-refractivity contribution in [3.63, 3.8) is 0 Å². The first-order valence-electron chi connectivity index (χ1n) is 7.76. The molecule has 0 aliphatic rings. The van der Waals surface area contributed by atoms with E-state index in [-0.39, 0.29) is 6.61 Å². The molecule has 0 atom stereocenters. The fourth-order valence-electron chi connectivity index (χ4n) is 2.36. The Balaban J connectivity index is 1.86. The van der Waals surface area contributed by atoms with Crippen LogP contribution in [-0.4, -0.2) is 25.5 Å². The highest BCUT2D eigenvalue weighted by Crippen LogP contribution is 2.23. The molecule has 1 aromatic heterocycles. The molecule has 3 aromatic rings. The molecule has 0 spiro atoms. The summed E-state index contributed by atoms with van der Waals surface area (Å²) in [5.74, 6) is 0. The molecule has 0 unspecified atom stereocenters. The minimum atomic E-state index is -0.397. The van der Waals surface area contributed by atoms with Crippen molar-refractivity contribution in [1.29, 1.82) is 0 Å². The van der Waals surface area contributed by atoms with Crippen molar-refractivity contribution in [3.8, 4) is 5.69 Å². The summed E-state index contributed by atoms with van der Waals surface area (Å²) in [6.45, 7) is 1.80. The second-order valence-electron chi connectivity index (χ2n) is 5.64. The molecule has 0 N–H and O–H groups in total. The molecule has 0 saturated heterocycles. The predicted octanol–water partition coefficient (Wildman–Crippen LogP) is 3.87. The molecule has 2 aromatic carbocycles. The van der Waals surface area contributed by atoms with Gasteiger partial charge in [-0.2, -0.15) is 9.36 Å². The molecule has 0 radical (unpaired) electrons. The standard InChI is InChI=1S/C17H14Cl3N5O2/c1-10(11-6-12(18)8-13(19)7-11)21-27-9-14-15(20)4-3-5-16(14)25-17(26)24(2)22-23-25/h3-8H,9H2,1-2H3. The Hall–Kier alpha value is -2.35. The van der Waals surface area contributed by atoms with Gasteiger partial charge in [0.1, 0.15) is 6.61 Å². The lowest BCUT2D eigenvalue weighted by molar-refractivity contribution is 0.130. The molecule has 0 bridgehead atoms. The summed E-state index contributed by atoms with van der Waals surface area (Å²) < 4.78 is 2.27. The SMILES string of the molecule is CC(=NOCc1c(Cl)cccc1-n1nnn(C)c1=O)c1cc(Cl)cc(Cl)c1. The third kappa shape index (κ3) is 4.32. The number of hydrogen-bond acceptors (Lipinski definition) is 5. The number of hydrogen-bond donors (Lipinski definition) is 0. The Labute approximate surface area is 169 Å². The molecule has 3 rings (SSSR count). The van der Waals surface area contributed by atoms with Crippen molar-refractivity contribution >= 4 is 40.5 Å². The van der Waals surface area contributed by atoms with Gasteiger partial charge in [0.05, 0.1) is 11.4 Å². The first-order chi connectivity index (χ1) is 12.9. The Morgan fingerprint density at radius 1 is 1.15 bits per heavy atom. The zero-order chi connectivity index (χ0) is 19.6. The van der Waals surface area contributed by atoms with Gasteiger partial charge in [-0.05, 0) is 47.7 Å². The maximum Gasteiger partial charge on any atom is 0.368 e. The fraction of sp³-hybridized carbons (Fsp3) is 0.176. The predicted molar refractivity (Wildman–Crippen MR) is 105 cm³/mol. The summed E-state index contributed by atoms with van der Waals surface area (Å²) in [7, 11) is 1.51. The summed E-state index contributed by atoms with van der Waals surface area (Å²) in [5, 5.41) is 13.1. The Kier molecular flexibility index (Phi) is 5.84. The van der Waals surface area contributed by atoms with Crippen molar-refractivity contribution in [2.24, 2.45) is 12.2 Å². The summed E-state index contributed by atoms with van der Waals surface area (Å²) >= 11 is 18.3. The number of aryl methyl sites for hydroxylation is 1. The van der Waals surface area contributed by atoms with Gasteiger partial charge in [-0.25, -0.2) is 4.79 Å². The highest BCUT2D eigenvalue weighted by molar-refractivity contribution is 6.35. The molecule has 7 nitrogen and oxygen atoms in total. The average molecular weight is 427 g/mol. The van der Waals surface area contributed by atoms with Crippen LogP contribution in [0.15, 0.2) is 46.3 Å². The van der Waals surface area contributed by atoms with Gasteiger partial charge in [0.25, 0.3) is 0 Å². The minimum absolute atomic E-state index is 0.0314. The second-order valence-corrected chi connectivity index (χ2v) is 6.92. The number of nitrogens with zero attached hydrogens (tertiary/aromatic N) is 5. The van der Waals surface area contributed by atoms with E-state index < -0.39 is 5.69 Å². The number of benzene rings is 2. The Morgan fingerprint density at radius 3 is 2.48 bits per heavy atom. The third-order valence-corrected chi connectivity index (χ3v) is 4.53. The normalized spacial score (nSPS) is 11.7. The summed E-state index contributed by atoms with van der Waals surface area (Å²) in [4.78, 5) is 17.6. The van der Waals surface area contributed by atoms with Gasteiger partial charge in [-0.15, -0.1) is 0 Å². The second kappa shape index (κ2) is 8.12. The van der Waals surface area contributed by atoms with Crippen LogP contribution in [0.5, 0.6) is 0 Å². The lowest BCUT2D eigenvalue weighted by Gasteiger charge is -2.10. The van der Waals surface area contributed by atoms with E-state index in [0.717, 1.165) is 14.9 Å². The van der Waals surface area contributed by atoms with E-state index in [4.69, 9.17) is 39.6 Å². The number of aromatic nitrogens is 4. The molecule has 0 aliphatic carbocycles. The third-order valence-electron chi connectivity index (χ3n) is 3.73. The van der Waals surface area contributed by atoms with E-state index in [0.29, 0.717) is 32.0 Å². The lowest BCUT2D eigenvalue weighted by Crippen LogP contribution is -2.23. The van der Waals surface area contributed by atoms with Crippen LogP contribution in [0.2, 0.25) is 15.1 Å². The molecule has 0 saturated carbocycles. The van der Waals surface area contributed by atoms with E-state index in [1.807, 2.05) is 0 Å². The van der Waals surface area contributed by atoms with Crippen LogP contribution in [0.4, 0.5) is 0 Å². The molecule has 0 aliphatic heterocycles. The van der Waals surface area contributed by atoms with Gasteiger partial charge >= 0.3 is 5.69 Å². The van der Waals surface area contributed by atoms with Crippen molar-refractivity contribution in [3.05, 3.63) is 73.1 Å². The Bertz CT molecular complexity index is 1050. The van der Waals surface area contributed by atoms with Crippen LogP contribution in [0, 0.1) is 0 Å². The van der Waals surface area contributed by atoms with E-state index in [9.17, 15) is 4.79 Å². The van der Waals surface area contributed by atoms with E-state index >= 15 is 0 Å². The van der Waals surface area contributed by atoms with Crippen molar-refractivity contribution in [2.75, 3.05) is 0 Å². The molecular formula is C17H14Cl3N5O2. The van der Waals surface area contributed by atoms with Gasteiger partial charge in [0, 0.05) is 33.2 Å². The highest BCUT2D eigenvalue weighted by Gasteiger charge is 2.14. The summed E-state index contributed by atoms with van der Waals surface area (Å²) in [6.07, 6.45) is 0. The molecule has 27 heavy (non-hydrogen) atoms. The van der Waals surface area contributed by atoms with Gasteiger partial charge in [-0.3, -0.25) is 0 Å². The van der Waals surface area contributed by atoms with Crippen LogP contribution < -0.4 is 5.69 Å². The van der Waals surface area contributed by atoms with E-state index in [1.165, 1.54) is 7.05 Å². The number of tetrazole rings is 1. The van der Waals surface area contributed by atoms with Crippen LogP contribution in [0.25, 0.3) is 5.69 Å². The molecular weight excluding hydrogens is 413 g/mol. The molecule has 10 heteroatoms. The monoisotopic (exact) mass is 425 g/mol. The zero-order valence-electron chi connectivity index (χ0n) is 14.4. The van der Waals surface area contributed by atoms with Crippen LogP contribution in [-0.2, 0) is 18.5 Å². The topological polar surface area (TPSA) is 74.3 Å². The van der Waals surface area contributed by atoms with Crippen molar-refractivity contribution < 1.29 is 4.84 Å². The Morgan fingerprint density at radius 2 is 1.85 bits per heavy atom. The number of oxime groups is 1. The zero-order valence-corrected chi connectivity index (χ0v) is 16.6. The van der Waals surface area contributed by atoms with Gasteiger partial charge in [-0.1, -0.05) is 46.0 Å². The summed E-state index contributed by atoms with van der Waals surface area (Å²) in [5.41, 5.74) is 1.95. The van der Waals surface area contributed by atoms with Gasteiger partial charge in [0.15, 0.2) is 0 Å². The maximum absolute atomic E-state index is 12.1. The molecule has 0 fully saturated rings. The number of halogens is 3. The summed E-state index contributed by atoms with van der Waals surface area (Å²) in [6, 6.07) is 10.2. The number of rotatable bonds is 5. The van der Waals surface area contributed by atoms with Crippen LogP contribution >= 0.6 is 34.8 Å². The maximum atomic E-state index is 12.1. The van der Waals surface area contributed by atoms with E-state index in [2.05, 4.69) is 15.6 Å². The quantitative estimate of drug-likeness (QED) is 0.458. The van der Waals surface area contributed by atoms with Gasteiger partial charge < -0.3 is 4.84 Å². The first-order valence-corrected chi connectivity index (χ1v) is 8.90. The van der Waals surface area contributed by atoms with Crippen molar-refractivity contribution in [1.82, 2.24) is 19.8 Å². The molecule has 0 amide bonds. The van der Waals surface area contributed by atoms with Crippen LogP contribution in [0.1, 0.15) is 18.1 Å². The largest absolute Gasteiger partial charge is 0.391 e. The highest BCUT2D eigenvalue weighted by atomic mass is 35.5. The van der Waals surface area contributed by atoms with Gasteiger partial charge in [0.2, 0.25) is 0 Å². The first kappa shape index (κ1) is 19.4. The smallest absolute Gasteiger partial charge is 0.368 e. The fourth-order valence-corrected chi connectivity index (χ4v) is 3.11. The minimum Gasteiger partial charge on any atom is -0.391 e. The van der Waals surface area contributed by atoms with Crippen LogP contribution in [0.3, 0.4) is 0 Å². The molecule has 140 valence electrons.